The summed E-state index contributed by atoms with van der Waals surface area (Å²) in [5.41, 5.74) is 0. The molecule has 0 radical (unpaired) electrons. The molecule has 5 atom stereocenters. The fourth-order valence-electron chi connectivity index (χ4n) is 1.61. The van der Waals surface area contributed by atoms with Gasteiger partial charge in [-0.3, -0.25) is 0 Å². The Bertz CT molecular complexity index is 250. The maximum atomic E-state index is 9.60. The van der Waals surface area contributed by atoms with E-state index in [0.717, 1.165) is 0 Å². The number of ether oxygens (including phenoxy) is 2. The molecule has 0 saturated carbocycles. The quantitative estimate of drug-likeness (QED) is 0.370. The second-order valence-electron chi connectivity index (χ2n) is 3.27. The van der Waals surface area contributed by atoms with Crippen LogP contribution in [0.4, 0.5) is 0 Å². The van der Waals surface area contributed by atoms with Gasteiger partial charge in [-0.05, 0) is 12.2 Å². The van der Waals surface area contributed by atoms with Crippen LogP contribution in [0.2, 0.25) is 0 Å². The van der Waals surface area contributed by atoms with Gasteiger partial charge in [-0.15, -0.1) is 0 Å². The summed E-state index contributed by atoms with van der Waals surface area (Å²) in [5, 5.41) is 30.8. The van der Waals surface area contributed by atoms with E-state index in [0.29, 0.717) is 0 Å². The van der Waals surface area contributed by atoms with Crippen molar-refractivity contribution in [2.45, 2.75) is 30.6 Å². The fourth-order valence-corrected chi connectivity index (χ4v) is 1.84. The maximum Gasteiger partial charge on any atom is 0.259 e. The fraction of sp³-hybridized carbons (Fsp3) is 0.857. The first-order valence-corrected chi connectivity index (χ1v) is 4.64. The van der Waals surface area contributed by atoms with Gasteiger partial charge in [0.1, 0.15) is 18.3 Å². The predicted molar refractivity (Wildman–Crippen MR) is 48.4 cm³/mol. The molecule has 14 heavy (non-hydrogen) atoms. The number of rotatable bonds is 1. The third-order valence-electron chi connectivity index (χ3n) is 2.37. The Morgan fingerprint density at radius 1 is 1.36 bits per heavy atom. The van der Waals surface area contributed by atoms with Gasteiger partial charge in [0.25, 0.3) is 5.17 Å². The van der Waals surface area contributed by atoms with Gasteiger partial charge in [0.15, 0.2) is 12.3 Å². The Hall–Kier alpha value is -0.470. The highest BCUT2D eigenvalue weighted by atomic mass is 32.1. The second-order valence-corrected chi connectivity index (χ2v) is 3.64. The van der Waals surface area contributed by atoms with E-state index >= 15 is 0 Å². The molecule has 0 bridgehead atoms. The van der Waals surface area contributed by atoms with Gasteiger partial charge >= 0.3 is 0 Å². The van der Waals surface area contributed by atoms with Crippen LogP contribution in [0.1, 0.15) is 0 Å². The summed E-state index contributed by atoms with van der Waals surface area (Å²) in [7, 11) is 0. The highest BCUT2D eigenvalue weighted by Crippen LogP contribution is 2.25. The molecule has 2 saturated heterocycles. The maximum absolute atomic E-state index is 9.60. The Kier molecular flexibility index (Phi) is 2.58. The molecular weight excluding hydrogens is 210 g/mol. The lowest BCUT2D eigenvalue weighted by molar-refractivity contribution is -0.214. The SMILES string of the molecule is OCC1O[C@H]2NC(=S)OC2C(O)[C@@H]1O. The predicted octanol–water partition coefficient (Wildman–Crippen LogP) is -2.30. The molecule has 0 spiro atoms. The molecule has 80 valence electrons. The van der Waals surface area contributed by atoms with Gasteiger partial charge in [0.2, 0.25) is 0 Å². The third-order valence-corrected chi connectivity index (χ3v) is 2.58. The summed E-state index contributed by atoms with van der Waals surface area (Å²) in [6, 6.07) is 0. The first kappa shape index (κ1) is 10.1. The number of aliphatic hydroxyl groups excluding tert-OH is 3. The molecule has 2 fully saturated rings. The van der Waals surface area contributed by atoms with E-state index in [2.05, 4.69) is 5.32 Å². The normalized spacial score (nSPS) is 46.8. The average Bonchev–Trinajstić information content (AvgIpc) is 2.52. The van der Waals surface area contributed by atoms with Crippen molar-refractivity contribution in [3.63, 3.8) is 0 Å². The van der Waals surface area contributed by atoms with E-state index in [4.69, 9.17) is 26.8 Å². The zero-order chi connectivity index (χ0) is 10.3. The van der Waals surface area contributed by atoms with Gasteiger partial charge in [-0.1, -0.05) is 0 Å². The van der Waals surface area contributed by atoms with Crippen molar-refractivity contribution < 1.29 is 24.8 Å². The van der Waals surface area contributed by atoms with Crippen molar-refractivity contribution in [1.82, 2.24) is 5.32 Å². The van der Waals surface area contributed by atoms with E-state index in [9.17, 15) is 10.2 Å². The topological polar surface area (TPSA) is 91.2 Å². The van der Waals surface area contributed by atoms with Crippen molar-refractivity contribution in [1.29, 1.82) is 0 Å². The van der Waals surface area contributed by atoms with Crippen LogP contribution in [0, 0.1) is 0 Å². The van der Waals surface area contributed by atoms with Gasteiger partial charge in [0, 0.05) is 0 Å². The molecule has 3 unspecified atom stereocenters. The van der Waals surface area contributed by atoms with Crippen molar-refractivity contribution >= 4 is 17.4 Å². The third kappa shape index (κ3) is 1.47. The summed E-state index contributed by atoms with van der Waals surface area (Å²) in [4.78, 5) is 0. The van der Waals surface area contributed by atoms with Crippen LogP contribution in [-0.4, -0.2) is 57.7 Å². The van der Waals surface area contributed by atoms with Crippen molar-refractivity contribution in [2.24, 2.45) is 0 Å². The van der Waals surface area contributed by atoms with Crippen LogP contribution in [0.5, 0.6) is 0 Å². The molecule has 2 aliphatic rings. The minimum absolute atomic E-state index is 0.129. The van der Waals surface area contributed by atoms with Crippen LogP contribution < -0.4 is 5.32 Å². The first-order chi connectivity index (χ1) is 6.63. The standard InChI is InChI=1S/C7H11NO5S/c9-1-2-3(10)4(11)5-6(12-2)8-7(14)13-5/h2-6,9-11H,1H2,(H,8,14)/t2?,3-,4?,5?,6-/m1/s1. The largest absolute Gasteiger partial charge is 0.460 e. The lowest BCUT2D eigenvalue weighted by Gasteiger charge is -2.37. The molecule has 0 amide bonds. The minimum atomic E-state index is -1.16. The zero-order valence-electron chi connectivity index (χ0n) is 7.16. The number of thiocarbonyl (C=S) groups is 1. The molecule has 0 aliphatic carbocycles. The van der Waals surface area contributed by atoms with Gasteiger partial charge in [0.05, 0.1) is 6.61 Å². The van der Waals surface area contributed by atoms with Crippen LogP contribution in [0.3, 0.4) is 0 Å². The first-order valence-electron chi connectivity index (χ1n) is 4.23. The Labute approximate surface area is 85.4 Å². The number of hydrogen-bond acceptors (Lipinski definition) is 6. The molecule has 0 aromatic carbocycles. The summed E-state index contributed by atoms with van der Waals surface area (Å²) in [5.74, 6) is 0. The highest BCUT2D eigenvalue weighted by Gasteiger charge is 2.49. The Morgan fingerprint density at radius 3 is 2.71 bits per heavy atom. The molecule has 0 aromatic rings. The molecule has 2 heterocycles. The van der Waals surface area contributed by atoms with E-state index < -0.39 is 30.6 Å². The van der Waals surface area contributed by atoms with Gasteiger partial charge in [-0.2, -0.15) is 0 Å². The zero-order valence-corrected chi connectivity index (χ0v) is 7.98. The number of hydrogen-bond donors (Lipinski definition) is 4. The smallest absolute Gasteiger partial charge is 0.259 e. The van der Waals surface area contributed by atoms with Crippen LogP contribution in [0.15, 0.2) is 0 Å². The molecule has 6 nitrogen and oxygen atoms in total. The van der Waals surface area contributed by atoms with E-state index in [1.165, 1.54) is 0 Å². The summed E-state index contributed by atoms with van der Waals surface area (Å²) < 4.78 is 10.3. The van der Waals surface area contributed by atoms with Crippen LogP contribution in [-0.2, 0) is 9.47 Å². The summed E-state index contributed by atoms with van der Waals surface area (Å²) in [6.45, 7) is -0.365. The summed E-state index contributed by atoms with van der Waals surface area (Å²) in [6.07, 6.45) is -4.40. The lowest BCUT2D eigenvalue weighted by atomic mass is 9.99. The molecular formula is C7H11NO5S. The van der Waals surface area contributed by atoms with Crippen LogP contribution in [0.25, 0.3) is 0 Å². The van der Waals surface area contributed by atoms with Gasteiger partial charge < -0.3 is 30.1 Å². The lowest BCUT2D eigenvalue weighted by Crippen LogP contribution is -2.59. The van der Waals surface area contributed by atoms with Crippen LogP contribution >= 0.6 is 12.2 Å². The molecule has 2 rings (SSSR count). The van der Waals surface area contributed by atoms with E-state index in [1.807, 2.05) is 0 Å². The van der Waals surface area contributed by atoms with E-state index in [1.54, 1.807) is 0 Å². The number of aliphatic hydroxyl groups is 3. The summed E-state index contributed by atoms with van der Waals surface area (Å²) >= 11 is 4.73. The number of nitrogens with one attached hydrogen (secondary N) is 1. The Balaban J connectivity index is 2.13. The molecule has 0 aromatic heterocycles. The molecule has 2 aliphatic heterocycles. The van der Waals surface area contributed by atoms with Gasteiger partial charge in [-0.25, -0.2) is 0 Å². The Morgan fingerprint density at radius 2 is 2.07 bits per heavy atom. The molecule has 7 heteroatoms. The average molecular weight is 221 g/mol. The molecule has 4 N–H and O–H groups in total. The second kappa shape index (κ2) is 3.59. The monoisotopic (exact) mass is 221 g/mol. The number of fused-ring (bicyclic) bond motifs is 1. The minimum Gasteiger partial charge on any atom is -0.460 e. The highest BCUT2D eigenvalue weighted by molar-refractivity contribution is 7.80. The van der Waals surface area contributed by atoms with Crippen molar-refractivity contribution in [2.75, 3.05) is 6.61 Å². The van der Waals surface area contributed by atoms with E-state index in [-0.39, 0.29) is 11.8 Å². The van der Waals surface area contributed by atoms with Crippen molar-refractivity contribution in [3.8, 4) is 0 Å². The van der Waals surface area contributed by atoms with Crippen molar-refractivity contribution in [3.05, 3.63) is 0 Å².